The highest BCUT2D eigenvalue weighted by atomic mass is 79.9. The molecule has 1 aromatic heterocycles. The molecule has 0 unspecified atom stereocenters. The molecule has 2 aromatic rings. The van der Waals surface area contributed by atoms with Crippen molar-refractivity contribution in [2.45, 2.75) is 0 Å². The lowest BCUT2D eigenvalue weighted by atomic mass is 10.2. The highest BCUT2D eigenvalue weighted by molar-refractivity contribution is 9.12. The maximum absolute atomic E-state index is 11.7. The first-order valence-corrected chi connectivity index (χ1v) is 6.71. The SMILES string of the molecule is O=C(N/N=C\C(Br)=C/c1ccccc1)c1ccncc1. The zero-order chi connectivity index (χ0) is 14.2. The van der Waals surface area contributed by atoms with Gasteiger partial charge in [0.15, 0.2) is 0 Å². The number of carbonyl (C=O) groups excluding carboxylic acids is 1. The van der Waals surface area contributed by atoms with Gasteiger partial charge in [-0.2, -0.15) is 5.10 Å². The third kappa shape index (κ3) is 4.44. The third-order valence-corrected chi connectivity index (χ3v) is 2.83. The van der Waals surface area contributed by atoms with E-state index in [1.54, 1.807) is 24.5 Å². The van der Waals surface area contributed by atoms with Gasteiger partial charge in [-0.1, -0.05) is 30.3 Å². The number of nitrogens with zero attached hydrogens (tertiary/aromatic N) is 2. The van der Waals surface area contributed by atoms with E-state index in [-0.39, 0.29) is 5.91 Å². The van der Waals surface area contributed by atoms with Crippen molar-refractivity contribution in [3.05, 3.63) is 70.5 Å². The molecule has 0 aliphatic carbocycles. The van der Waals surface area contributed by atoms with Gasteiger partial charge < -0.3 is 0 Å². The molecule has 0 spiro atoms. The summed E-state index contributed by atoms with van der Waals surface area (Å²) >= 11 is 3.37. The summed E-state index contributed by atoms with van der Waals surface area (Å²) in [6, 6.07) is 13.1. The Hall–Kier alpha value is -2.27. The number of benzene rings is 1. The minimum Gasteiger partial charge on any atom is -0.267 e. The van der Waals surface area contributed by atoms with Crippen molar-refractivity contribution in [2.24, 2.45) is 5.10 Å². The number of hydrazone groups is 1. The number of allylic oxidation sites excluding steroid dienone is 1. The van der Waals surface area contributed by atoms with Gasteiger partial charge in [0.2, 0.25) is 0 Å². The van der Waals surface area contributed by atoms with E-state index in [0.29, 0.717) is 5.56 Å². The molecule has 0 aliphatic heterocycles. The zero-order valence-electron chi connectivity index (χ0n) is 10.5. The first kappa shape index (κ1) is 14.1. The minimum absolute atomic E-state index is 0.274. The van der Waals surface area contributed by atoms with Crippen molar-refractivity contribution in [1.29, 1.82) is 0 Å². The molecule has 0 saturated heterocycles. The molecule has 1 N–H and O–H groups in total. The van der Waals surface area contributed by atoms with E-state index in [0.717, 1.165) is 10.0 Å². The van der Waals surface area contributed by atoms with Crippen LogP contribution in [0.25, 0.3) is 6.08 Å². The minimum atomic E-state index is -0.274. The monoisotopic (exact) mass is 329 g/mol. The van der Waals surface area contributed by atoms with E-state index in [1.807, 2.05) is 36.4 Å². The summed E-state index contributed by atoms with van der Waals surface area (Å²) < 4.78 is 0.763. The summed E-state index contributed by atoms with van der Waals surface area (Å²) in [6.07, 6.45) is 6.56. The zero-order valence-corrected chi connectivity index (χ0v) is 12.1. The molecule has 2 rings (SSSR count). The average molecular weight is 330 g/mol. The van der Waals surface area contributed by atoms with Crippen LogP contribution >= 0.6 is 15.9 Å². The van der Waals surface area contributed by atoms with Crippen molar-refractivity contribution in [1.82, 2.24) is 10.4 Å². The molecule has 1 heterocycles. The first-order valence-electron chi connectivity index (χ1n) is 5.91. The van der Waals surface area contributed by atoms with Gasteiger partial charge in [-0.25, -0.2) is 5.43 Å². The number of nitrogens with one attached hydrogen (secondary N) is 1. The quantitative estimate of drug-likeness (QED) is 0.691. The van der Waals surface area contributed by atoms with Crippen LogP contribution in [0.5, 0.6) is 0 Å². The van der Waals surface area contributed by atoms with E-state index in [1.165, 1.54) is 6.21 Å². The van der Waals surface area contributed by atoms with Crippen molar-refractivity contribution in [3.63, 3.8) is 0 Å². The van der Waals surface area contributed by atoms with Gasteiger partial charge in [-0.05, 0) is 39.7 Å². The number of rotatable bonds is 4. The number of carbonyl (C=O) groups is 1. The standard InChI is InChI=1S/C15H12BrN3O/c16-14(10-12-4-2-1-3-5-12)11-18-19-15(20)13-6-8-17-9-7-13/h1-11H,(H,19,20)/b14-10+,18-11-. The van der Waals surface area contributed by atoms with Gasteiger partial charge >= 0.3 is 0 Å². The molecular formula is C15H12BrN3O. The number of pyridine rings is 1. The fourth-order valence-corrected chi connectivity index (χ4v) is 1.83. The Labute approximate surface area is 125 Å². The van der Waals surface area contributed by atoms with Crippen LogP contribution in [0, 0.1) is 0 Å². The van der Waals surface area contributed by atoms with E-state index < -0.39 is 0 Å². The summed E-state index contributed by atoms with van der Waals surface area (Å²) in [5.41, 5.74) is 4.01. The molecule has 0 fully saturated rings. The molecule has 5 heteroatoms. The molecule has 0 radical (unpaired) electrons. The summed E-state index contributed by atoms with van der Waals surface area (Å²) in [5, 5.41) is 3.88. The van der Waals surface area contributed by atoms with Gasteiger partial charge in [0.1, 0.15) is 0 Å². The highest BCUT2D eigenvalue weighted by Gasteiger charge is 2.01. The molecule has 100 valence electrons. The topological polar surface area (TPSA) is 54.4 Å². The second-order valence-electron chi connectivity index (χ2n) is 3.87. The van der Waals surface area contributed by atoms with Gasteiger partial charge in [0.25, 0.3) is 5.91 Å². The molecular weight excluding hydrogens is 318 g/mol. The largest absolute Gasteiger partial charge is 0.271 e. The van der Waals surface area contributed by atoms with Crippen molar-refractivity contribution < 1.29 is 4.79 Å². The lowest BCUT2D eigenvalue weighted by Gasteiger charge is -1.98. The highest BCUT2D eigenvalue weighted by Crippen LogP contribution is 2.09. The smallest absolute Gasteiger partial charge is 0.267 e. The number of halogens is 1. The van der Waals surface area contributed by atoms with Gasteiger partial charge in [0, 0.05) is 22.4 Å². The van der Waals surface area contributed by atoms with Crippen LogP contribution in [-0.2, 0) is 0 Å². The Kier molecular flexibility index (Phi) is 5.20. The van der Waals surface area contributed by atoms with E-state index in [4.69, 9.17) is 0 Å². The van der Waals surface area contributed by atoms with Crippen LogP contribution in [0.2, 0.25) is 0 Å². The number of aromatic nitrogens is 1. The lowest BCUT2D eigenvalue weighted by molar-refractivity contribution is 0.0955. The summed E-state index contributed by atoms with van der Waals surface area (Å²) in [6.45, 7) is 0. The summed E-state index contributed by atoms with van der Waals surface area (Å²) in [5.74, 6) is -0.274. The fourth-order valence-electron chi connectivity index (χ4n) is 1.47. The predicted octanol–water partition coefficient (Wildman–Crippen LogP) is 3.23. The molecule has 0 aliphatic rings. The second kappa shape index (κ2) is 7.35. The Bertz CT molecular complexity index is 624. The Morgan fingerprint density at radius 2 is 1.85 bits per heavy atom. The Morgan fingerprint density at radius 1 is 1.15 bits per heavy atom. The van der Waals surface area contributed by atoms with Crippen LogP contribution in [0.4, 0.5) is 0 Å². The van der Waals surface area contributed by atoms with E-state index in [2.05, 4.69) is 31.4 Å². The van der Waals surface area contributed by atoms with Gasteiger partial charge in [-0.15, -0.1) is 0 Å². The first-order chi connectivity index (χ1) is 9.75. The normalized spacial score (nSPS) is 11.6. The van der Waals surface area contributed by atoms with Crippen LogP contribution in [0.3, 0.4) is 0 Å². The van der Waals surface area contributed by atoms with E-state index >= 15 is 0 Å². The third-order valence-electron chi connectivity index (χ3n) is 2.40. The molecule has 0 saturated carbocycles. The van der Waals surface area contributed by atoms with E-state index in [9.17, 15) is 4.79 Å². The molecule has 0 atom stereocenters. The lowest BCUT2D eigenvalue weighted by Crippen LogP contribution is -2.17. The molecule has 20 heavy (non-hydrogen) atoms. The maximum Gasteiger partial charge on any atom is 0.271 e. The number of hydrogen-bond acceptors (Lipinski definition) is 3. The predicted molar refractivity (Wildman–Crippen MR) is 83.5 cm³/mol. The second-order valence-corrected chi connectivity index (χ2v) is 4.79. The average Bonchev–Trinajstić information content (AvgIpc) is 2.49. The van der Waals surface area contributed by atoms with Crippen LogP contribution in [0.1, 0.15) is 15.9 Å². The molecule has 1 amide bonds. The van der Waals surface area contributed by atoms with Crippen LogP contribution in [-0.4, -0.2) is 17.1 Å². The summed E-state index contributed by atoms with van der Waals surface area (Å²) in [7, 11) is 0. The fraction of sp³-hybridized carbons (Fsp3) is 0. The van der Waals surface area contributed by atoms with Crippen LogP contribution < -0.4 is 5.43 Å². The van der Waals surface area contributed by atoms with Gasteiger partial charge in [-0.3, -0.25) is 9.78 Å². The molecule has 0 bridgehead atoms. The number of amides is 1. The van der Waals surface area contributed by atoms with Crippen molar-refractivity contribution in [2.75, 3.05) is 0 Å². The van der Waals surface area contributed by atoms with Crippen LogP contribution in [0.15, 0.2) is 64.4 Å². The van der Waals surface area contributed by atoms with Crippen molar-refractivity contribution in [3.8, 4) is 0 Å². The molecule has 4 nitrogen and oxygen atoms in total. The Balaban J connectivity index is 1.94. The number of hydrogen-bond donors (Lipinski definition) is 1. The molecule has 1 aromatic carbocycles. The van der Waals surface area contributed by atoms with Crippen molar-refractivity contribution >= 4 is 34.1 Å². The Morgan fingerprint density at radius 3 is 2.55 bits per heavy atom. The van der Waals surface area contributed by atoms with Gasteiger partial charge in [0.05, 0.1) is 6.21 Å². The summed E-state index contributed by atoms with van der Waals surface area (Å²) in [4.78, 5) is 15.5. The maximum atomic E-state index is 11.7.